The van der Waals surface area contributed by atoms with Crippen LogP contribution in [-0.4, -0.2) is 54.3 Å². The number of benzene rings is 1. The van der Waals surface area contributed by atoms with Crippen molar-refractivity contribution in [2.75, 3.05) is 33.0 Å². The van der Waals surface area contributed by atoms with Crippen LogP contribution in [0.15, 0.2) is 18.2 Å². The Hall–Kier alpha value is -2.19. The van der Waals surface area contributed by atoms with E-state index in [2.05, 4.69) is 0 Å². The molecule has 0 bridgehead atoms. The maximum atomic E-state index is 12.2. The predicted molar refractivity (Wildman–Crippen MR) is 72.4 cm³/mol. The summed E-state index contributed by atoms with van der Waals surface area (Å²) in [5.41, 5.74) is 5.63. The van der Waals surface area contributed by atoms with Gasteiger partial charge in [-0.1, -0.05) is 0 Å². The third-order valence-corrected chi connectivity index (χ3v) is 2.67. The van der Waals surface area contributed by atoms with E-state index in [0.29, 0.717) is 0 Å². The number of nitro groups is 1. The zero-order chi connectivity index (χ0) is 15.3. The van der Waals surface area contributed by atoms with E-state index in [1.807, 2.05) is 0 Å². The summed E-state index contributed by atoms with van der Waals surface area (Å²) in [5.74, 6) is -0.499. The molecule has 0 aromatic heterocycles. The number of hydrogen-bond donors (Lipinski definition) is 2. The van der Waals surface area contributed by atoms with E-state index in [1.54, 1.807) is 0 Å². The Bertz CT molecular complexity index is 506. The number of likely N-dealkylation sites (N-methyl/N-ethyl adjacent to an activating group) is 1. The minimum absolute atomic E-state index is 0.0336. The van der Waals surface area contributed by atoms with Crippen LogP contribution < -0.4 is 5.73 Å². The fourth-order valence-electron chi connectivity index (χ4n) is 1.69. The standard InChI is InChI=1S/C12H17N3O5/c1-14(6-9(16)7-20-2)12(17)10-5-8(15(18)19)3-4-11(10)13/h3-5,9,16H,6-7,13H2,1-2H3. The fraction of sp³-hybridized carbons (Fsp3) is 0.417. The van der Waals surface area contributed by atoms with Crippen LogP contribution in [0.25, 0.3) is 0 Å². The summed E-state index contributed by atoms with van der Waals surface area (Å²) in [5, 5.41) is 20.3. The van der Waals surface area contributed by atoms with Crippen LogP contribution >= 0.6 is 0 Å². The van der Waals surface area contributed by atoms with Crippen LogP contribution in [0, 0.1) is 10.1 Å². The minimum Gasteiger partial charge on any atom is -0.398 e. The molecule has 1 rings (SSSR count). The van der Waals surface area contributed by atoms with Crippen molar-refractivity contribution in [1.82, 2.24) is 4.90 Å². The number of aliphatic hydroxyl groups excluding tert-OH is 1. The van der Waals surface area contributed by atoms with Gasteiger partial charge in [0.05, 0.1) is 23.2 Å². The van der Waals surface area contributed by atoms with Crippen molar-refractivity contribution in [3.05, 3.63) is 33.9 Å². The average Bonchev–Trinajstić information content (AvgIpc) is 2.38. The van der Waals surface area contributed by atoms with Crippen LogP contribution in [0.2, 0.25) is 0 Å². The van der Waals surface area contributed by atoms with Crippen LogP contribution in [0.5, 0.6) is 0 Å². The van der Waals surface area contributed by atoms with Gasteiger partial charge in [0, 0.05) is 38.5 Å². The number of ether oxygens (including phenoxy) is 1. The number of methoxy groups -OCH3 is 1. The van der Waals surface area contributed by atoms with E-state index in [4.69, 9.17) is 10.5 Å². The summed E-state index contributed by atoms with van der Waals surface area (Å²) < 4.78 is 4.76. The van der Waals surface area contributed by atoms with Gasteiger partial charge >= 0.3 is 0 Å². The first-order valence-electron chi connectivity index (χ1n) is 5.83. The third-order valence-electron chi connectivity index (χ3n) is 2.67. The lowest BCUT2D eigenvalue weighted by Gasteiger charge is -2.21. The maximum absolute atomic E-state index is 12.2. The smallest absolute Gasteiger partial charge is 0.270 e. The molecule has 0 spiro atoms. The normalized spacial score (nSPS) is 11.9. The SMILES string of the molecule is COCC(O)CN(C)C(=O)c1cc([N+](=O)[O-])ccc1N. The lowest BCUT2D eigenvalue weighted by molar-refractivity contribution is -0.384. The van der Waals surface area contributed by atoms with Crippen LogP contribution in [0.1, 0.15) is 10.4 Å². The summed E-state index contributed by atoms with van der Waals surface area (Å²) in [7, 11) is 2.91. The molecule has 1 amide bonds. The van der Waals surface area contributed by atoms with Crippen molar-refractivity contribution in [3.8, 4) is 0 Å². The van der Waals surface area contributed by atoms with Gasteiger partial charge in [0.1, 0.15) is 0 Å². The number of aliphatic hydroxyl groups is 1. The topological polar surface area (TPSA) is 119 Å². The molecule has 0 aliphatic heterocycles. The molecule has 0 aliphatic rings. The van der Waals surface area contributed by atoms with Gasteiger partial charge in [0.25, 0.3) is 11.6 Å². The molecular formula is C12H17N3O5. The van der Waals surface area contributed by atoms with Crippen molar-refractivity contribution >= 4 is 17.3 Å². The molecule has 1 atom stereocenters. The van der Waals surface area contributed by atoms with E-state index in [-0.39, 0.29) is 30.1 Å². The highest BCUT2D eigenvalue weighted by molar-refractivity contribution is 5.99. The van der Waals surface area contributed by atoms with Gasteiger partial charge in [-0.15, -0.1) is 0 Å². The molecule has 8 heteroatoms. The molecule has 8 nitrogen and oxygen atoms in total. The highest BCUT2D eigenvalue weighted by Gasteiger charge is 2.20. The van der Waals surface area contributed by atoms with Crippen LogP contribution in [0.3, 0.4) is 0 Å². The Morgan fingerprint density at radius 3 is 2.80 bits per heavy atom. The molecule has 3 N–H and O–H groups in total. The monoisotopic (exact) mass is 283 g/mol. The van der Waals surface area contributed by atoms with Gasteiger partial charge in [0.15, 0.2) is 0 Å². The zero-order valence-electron chi connectivity index (χ0n) is 11.3. The summed E-state index contributed by atoms with van der Waals surface area (Å²) in [6, 6.07) is 3.66. The fourth-order valence-corrected chi connectivity index (χ4v) is 1.69. The Balaban J connectivity index is 2.90. The first-order valence-corrected chi connectivity index (χ1v) is 5.83. The van der Waals surface area contributed by atoms with Crippen LogP contribution in [-0.2, 0) is 4.74 Å². The van der Waals surface area contributed by atoms with Crippen molar-refractivity contribution in [2.45, 2.75) is 6.10 Å². The molecule has 0 radical (unpaired) electrons. The summed E-state index contributed by atoms with van der Waals surface area (Å²) in [6.07, 6.45) is -0.839. The van der Waals surface area contributed by atoms with E-state index < -0.39 is 16.9 Å². The molecule has 1 aromatic carbocycles. The largest absolute Gasteiger partial charge is 0.398 e. The number of rotatable bonds is 6. The molecule has 0 saturated carbocycles. The number of nitrogens with two attached hydrogens (primary N) is 1. The molecule has 20 heavy (non-hydrogen) atoms. The number of carbonyl (C=O) groups excluding carboxylic acids is 1. The van der Waals surface area contributed by atoms with Gasteiger partial charge in [0.2, 0.25) is 0 Å². The number of nitro benzene ring substituents is 1. The lowest BCUT2D eigenvalue weighted by Crippen LogP contribution is -2.36. The number of anilines is 1. The highest BCUT2D eigenvalue weighted by Crippen LogP contribution is 2.20. The second-order valence-electron chi connectivity index (χ2n) is 4.32. The zero-order valence-corrected chi connectivity index (χ0v) is 11.3. The van der Waals surface area contributed by atoms with E-state index >= 15 is 0 Å². The van der Waals surface area contributed by atoms with Gasteiger partial charge in [-0.3, -0.25) is 14.9 Å². The number of nitrogens with zero attached hydrogens (tertiary/aromatic N) is 2. The van der Waals surface area contributed by atoms with E-state index in [1.165, 1.54) is 31.2 Å². The molecule has 0 aliphatic carbocycles. The Labute approximate surface area is 115 Å². The molecule has 110 valence electrons. The quantitative estimate of drug-likeness (QED) is 0.439. The lowest BCUT2D eigenvalue weighted by atomic mass is 10.1. The summed E-state index contributed by atoms with van der Waals surface area (Å²) >= 11 is 0. The van der Waals surface area contributed by atoms with Crippen molar-refractivity contribution < 1.29 is 19.6 Å². The second kappa shape index (κ2) is 6.83. The van der Waals surface area contributed by atoms with Crippen molar-refractivity contribution in [3.63, 3.8) is 0 Å². The third kappa shape index (κ3) is 3.90. The van der Waals surface area contributed by atoms with E-state index in [0.717, 1.165) is 6.07 Å². The van der Waals surface area contributed by atoms with Crippen molar-refractivity contribution in [1.29, 1.82) is 0 Å². The minimum atomic E-state index is -0.839. The van der Waals surface area contributed by atoms with E-state index in [9.17, 15) is 20.0 Å². The van der Waals surface area contributed by atoms with Gasteiger partial charge in [-0.2, -0.15) is 0 Å². The maximum Gasteiger partial charge on any atom is 0.270 e. The average molecular weight is 283 g/mol. The first-order chi connectivity index (χ1) is 9.36. The number of carbonyl (C=O) groups is 1. The highest BCUT2D eigenvalue weighted by atomic mass is 16.6. The number of amides is 1. The number of nitrogen functional groups attached to an aromatic ring is 1. The molecule has 1 aromatic rings. The Kier molecular flexibility index (Phi) is 5.42. The Morgan fingerprint density at radius 1 is 1.60 bits per heavy atom. The van der Waals surface area contributed by atoms with Gasteiger partial charge < -0.3 is 20.5 Å². The molecule has 0 heterocycles. The predicted octanol–water partition coefficient (Wildman–Crippen LogP) is 0.256. The van der Waals surface area contributed by atoms with Crippen LogP contribution in [0.4, 0.5) is 11.4 Å². The number of hydrogen-bond acceptors (Lipinski definition) is 6. The molecule has 0 fully saturated rings. The molecular weight excluding hydrogens is 266 g/mol. The van der Waals surface area contributed by atoms with Crippen molar-refractivity contribution in [2.24, 2.45) is 0 Å². The summed E-state index contributed by atoms with van der Waals surface area (Å²) in [4.78, 5) is 23.5. The molecule has 0 saturated heterocycles. The number of non-ortho nitro benzene ring substituents is 1. The van der Waals surface area contributed by atoms with Gasteiger partial charge in [-0.25, -0.2) is 0 Å². The second-order valence-corrected chi connectivity index (χ2v) is 4.32. The van der Waals surface area contributed by atoms with Gasteiger partial charge in [-0.05, 0) is 6.07 Å². The Morgan fingerprint density at radius 2 is 2.25 bits per heavy atom. The molecule has 1 unspecified atom stereocenters. The summed E-state index contributed by atoms with van der Waals surface area (Å²) in [6.45, 7) is 0.122. The first kappa shape index (κ1) is 15.9.